The Balaban J connectivity index is 1.04. The van der Waals surface area contributed by atoms with Gasteiger partial charge in [0.15, 0.2) is 0 Å². The monoisotopic (exact) mass is 1220 g/mol. The van der Waals surface area contributed by atoms with Crippen molar-refractivity contribution in [3.05, 3.63) is 178 Å². The van der Waals surface area contributed by atoms with Crippen LogP contribution in [0.1, 0.15) is 216 Å². The lowest BCUT2D eigenvalue weighted by atomic mass is 9.71. The number of ether oxygens (including phenoxy) is 2. The number of aromatic hydroxyl groups is 2. The van der Waals surface area contributed by atoms with Crippen molar-refractivity contribution < 1.29 is 19.7 Å². The van der Waals surface area contributed by atoms with E-state index in [-0.39, 0.29) is 54.8 Å². The number of hydrogen-bond acceptors (Lipinski definition) is 4. The van der Waals surface area contributed by atoms with E-state index < -0.39 is 0 Å². The molecule has 0 fully saturated rings. The summed E-state index contributed by atoms with van der Waals surface area (Å²) in [6.45, 7) is 55.4. The lowest BCUT2D eigenvalue weighted by Crippen LogP contribution is -2.25. The SMILES string of the molecule is Cc1ccc(OCCCOc2ccc(C)cc2-c2cc(C(C)(C)CC(C)(C)C)cc(-n3c4ccc(C(C)(C)C)cc4c4cc(C(C)(C)C)ccc43)c2O)c(-c2cc(C(C)(C)CC(C)(C)C)cc(-n3c4ccc(C(C)(C)C)cc4c4cc(C(C)(C)C)ccc43)c2O)c1. The Hall–Kier alpha value is -7.44. The molecule has 2 aromatic heterocycles. The minimum Gasteiger partial charge on any atom is -0.505 e. The molecule has 10 aromatic rings. The zero-order chi connectivity index (χ0) is 66.7. The molecule has 2 heterocycles. The summed E-state index contributed by atoms with van der Waals surface area (Å²) in [6.07, 6.45) is 2.44. The van der Waals surface area contributed by atoms with Gasteiger partial charge in [-0.05, 0) is 200 Å². The van der Waals surface area contributed by atoms with Crippen LogP contribution in [0.15, 0.2) is 133 Å². The van der Waals surface area contributed by atoms with E-state index in [1.165, 1.54) is 43.8 Å². The highest BCUT2D eigenvalue weighted by Gasteiger charge is 2.34. The summed E-state index contributed by atoms with van der Waals surface area (Å²) < 4.78 is 18.4. The Kier molecular flexibility index (Phi) is 17.0. The molecule has 0 aliphatic carbocycles. The molecule has 91 heavy (non-hydrogen) atoms. The van der Waals surface area contributed by atoms with E-state index in [4.69, 9.17) is 9.47 Å². The first-order valence-corrected chi connectivity index (χ1v) is 33.4. The van der Waals surface area contributed by atoms with Crippen LogP contribution in [0, 0.1) is 24.7 Å². The van der Waals surface area contributed by atoms with Crippen LogP contribution in [0.3, 0.4) is 0 Å². The molecule has 6 nitrogen and oxygen atoms in total. The molecule has 0 spiro atoms. The molecule has 0 aliphatic rings. The summed E-state index contributed by atoms with van der Waals surface area (Å²) in [6, 6.07) is 49.0. The molecule has 480 valence electrons. The fourth-order valence-corrected chi connectivity index (χ4v) is 14.4. The van der Waals surface area contributed by atoms with Crippen LogP contribution >= 0.6 is 0 Å². The van der Waals surface area contributed by atoms with Gasteiger partial charge in [-0.15, -0.1) is 0 Å². The Morgan fingerprint density at radius 2 is 0.604 bits per heavy atom. The van der Waals surface area contributed by atoms with Gasteiger partial charge < -0.3 is 28.8 Å². The average molecular weight is 1220 g/mol. The Bertz CT molecular complexity index is 3990. The second kappa shape index (κ2) is 23.3. The van der Waals surface area contributed by atoms with Crippen LogP contribution in [0.2, 0.25) is 0 Å². The van der Waals surface area contributed by atoms with E-state index in [1.807, 2.05) is 0 Å². The second-order valence-electron chi connectivity index (χ2n) is 34.7. The number of benzene rings is 8. The van der Waals surface area contributed by atoms with Gasteiger partial charge in [-0.1, -0.05) is 200 Å². The van der Waals surface area contributed by atoms with Crippen molar-refractivity contribution in [1.29, 1.82) is 0 Å². The summed E-state index contributed by atoms with van der Waals surface area (Å²) in [7, 11) is 0. The van der Waals surface area contributed by atoms with Gasteiger partial charge in [0.2, 0.25) is 0 Å². The lowest BCUT2D eigenvalue weighted by Gasteiger charge is -2.34. The predicted molar refractivity (Wildman–Crippen MR) is 390 cm³/mol. The minimum absolute atomic E-state index is 0.0398. The maximum atomic E-state index is 13.2. The van der Waals surface area contributed by atoms with Gasteiger partial charge >= 0.3 is 0 Å². The third-order valence-corrected chi connectivity index (χ3v) is 18.8. The number of rotatable bonds is 14. The number of aryl methyl sites for hydroxylation is 2. The summed E-state index contributed by atoms with van der Waals surface area (Å²) in [5.41, 5.74) is 17.7. The smallest absolute Gasteiger partial charge is 0.147 e. The summed E-state index contributed by atoms with van der Waals surface area (Å²) in [5.74, 6) is 1.81. The van der Waals surface area contributed by atoms with Gasteiger partial charge in [0.25, 0.3) is 0 Å². The van der Waals surface area contributed by atoms with Gasteiger partial charge in [-0.2, -0.15) is 0 Å². The summed E-state index contributed by atoms with van der Waals surface area (Å²) in [4.78, 5) is 0. The van der Waals surface area contributed by atoms with Crippen LogP contribution in [0.25, 0.3) is 77.2 Å². The van der Waals surface area contributed by atoms with Crippen molar-refractivity contribution in [1.82, 2.24) is 9.13 Å². The van der Waals surface area contributed by atoms with Crippen molar-refractivity contribution in [2.45, 2.75) is 218 Å². The van der Waals surface area contributed by atoms with E-state index in [9.17, 15) is 10.2 Å². The van der Waals surface area contributed by atoms with Crippen molar-refractivity contribution in [2.75, 3.05) is 13.2 Å². The Morgan fingerprint density at radius 1 is 0.319 bits per heavy atom. The van der Waals surface area contributed by atoms with Gasteiger partial charge in [0.1, 0.15) is 23.0 Å². The third kappa shape index (κ3) is 13.6. The number of nitrogens with zero attached hydrogens (tertiary/aromatic N) is 2. The summed E-state index contributed by atoms with van der Waals surface area (Å²) in [5, 5.41) is 31.0. The normalized spacial score (nSPS) is 13.4. The lowest BCUT2D eigenvalue weighted by molar-refractivity contribution is 0.248. The van der Waals surface area contributed by atoms with Crippen LogP contribution in [0.4, 0.5) is 0 Å². The topological polar surface area (TPSA) is 68.8 Å². The van der Waals surface area contributed by atoms with E-state index in [0.717, 1.165) is 90.8 Å². The Labute approximate surface area is 546 Å². The van der Waals surface area contributed by atoms with Gasteiger partial charge in [-0.3, -0.25) is 0 Å². The molecular weight excluding hydrogens is 1110 g/mol. The molecule has 0 radical (unpaired) electrons. The molecule has 0 amide bonds. The maximum absolute atomic E-state index is 13.2. The fraction of sp³-hybridized carbons (Fsp3) is 0.435. The molecule has 0 saturated carbocycles. The molecule has 8 aromatic carbocycles. The van der Waals surface area contributed by atoms with Crippen LogP contribution in [-0.2, 0) is 32.5 Å². The van der Waals surface area contributed by atoms with E-state index in [1.54, 1.807) is 0 Å². The molecule has 6 heteroatoms. The molecule has 0 bridgehead atoms. The van der Waals surface area contributed by atoms with E-state index in [2.05, 4.69) is 309 Å². The minimum atomic E-state index is -0.260. The highest BCUT2D eigenvalue weighted by atomic mass is 16.5. The first kappa shape index (κ1) is 66.5. The molecule has 0 saturated heterocycles. The van der Waals surface area contributed by atoms with E-state index >= 15 is 0 Å². The van der Waals surface area contributed by atoms with Crippen molar-refractivity contribution in [3.8, 4) is 56.6 Å². The van der Waals surface area contributed by atoms with Crippen LogP contribution in [-0.4, -0.2) is 32.6 Å². The van der Waals surface area contributed by atoms with Crippen molar-refractivity contribution >= 4 is 43.6 Å². The van der Waals surface area contributed by atoms with E-state index in [0.29, 0.717) is 31.1 Å². The third-order valence-electron chi connectivity index (χ3n) is 18.8. The second-order valence-corrected chi connectivity index (χ2v) is 34.7. The zero-order valence-corrected chi connectivity index (χ0v) is 59.8. The quantitative estimate of drug-likeness (QED) is 0.106. The molecule has 0 atom stereocenters. The van der Waals surface area contributed by atoms with Crippen LogP contribution in [0.5, 0.6) is 23.0 Å². The first-order chi connectivity index (χ1) is 42.0. The predicted octanol–water partition coefficient (Wildman–Crippen LogP) is 23.7. The average Bonchev–Trinajstić information content (AvgIpc) is 1.62. The summed E-state index contributed by atoms with van der Waals surface area (Å²) >= 11 is 0. The molecule has 2 N–H and O–H groups in total. The number of aromatic nitrogens is 2. The molecule has 10 rings (SSSR count). The first-order valence-electron chi connectivity index (χ1n) is 33.4. The number of fused-ring (bicyclic) bond motifs is 6. The van der Waals surface area contributed by atoms with Gasteiger partial charge in [0, 0.05) is 50.2 Å². The van der Waals surface area contributed by atoms with Gasteiger partial charge in [0.05, 0.1) is 46.7 Å². The largest absolute Gasteiger partial charge is 0.505 e. The number of phenols is 2. The zero-order valence-electron chi connectivity index (χ0n) is 59.8. The van der Waals surface area contributed by atoms with Crippen molar-refractivity contribution in [3.63, 3.8) is 0 Å². The number of hydrogen-bond donors (Lipinski definition) is 2. The molecule has 0 aliphatic heterocycles. The molecule has 0 unspecified atom stereocenters. The van der Waals surface area contributed by atoms with Crippen molar-refractivity contribution in [2.24, 2.45) is 10.8 Å². The maximum Gasteiger partial charge on any atom is 0.147 e. The van der Waals surface area contributed by atoms with Gasteiger partial charge in [-0.25, -0.2) is 0 Å². The number of phenolic OH excluding ortho intramolecular Hbond substituents is 2. The molecular formula is C85H106N2O4. The fourth-order valence-electron chi connectivity index (χ4n) is 14.4. The van der Waals surface area contributed by atoms with Crippen LogP contribution < -0.4 is 9.47 Å². The standard InChI is InChI=1S/C85H106N2O4/c1-52-26-36-74(64(40-52)66-46-58(84(21,22)50-78(3,4)5)48-72(76(66)88)86-68-32-28-54(80(9,10)11)42-60(68)61-43-55(81(12,13)14)29-33-69(61)86)90-38-25-39-91-75-37-27-53(2)41-65(75)67-47-59(85(23,24)51-79(6,7)8)49-73(77(67)89)87-70-34-30-56(82(15,16)17)44-62(70)63-45-57(83(18,19)20)31-35-71(63)87/h26-37,40-49,88-89H,25,38-39,50-51H2,1-24H3. The Morgan fingerprint density at radius 3 is 0.868 bits per heavy atom. The highest BCUT2D eigenvalue weighted by molar-refractivity contribution is 6.11. The highest BCUT2D eigenvalue weighted by Crippen LogP contribution is 2.51.